The smallest absolute Gasteiger partial charge is 0.245 e. The number of hydrogen-bond acceptors (Lipinski definition) is 2. The summed E-state index contributed by atoms with van der Waals surface area (Å²) in [7, 11) is -1.72. The summed E-state index contributed by atoms with van der Waals surface area (Å²) in [6.07, 6.45) is 7.32. The van der Waals surface area contributed by atoms with E-state index in [2.05, 4.69) is 33.1 Å². The zero-order valence-electron chi connectivity index (χ0n) is 13.9. The van der Waals surface area contributed by atoms with E-state index in [-0.39, 0.29) is 20.8 Å². The molecule has 0 saturated carbocycles. The van der Waals surface area contributed by atoms with Gasteiger partial charge in [0.15, 0.2) is 8.32 Å². The summed E-state index contributed by atoms with van der Waals surface area (Å²) >= 11 is 0. The maximum Gasteiger partial charge on any atom is 0.245 e. The first-order chi connectivity index (χ1) is 9.40. The molecular formula is C17H41NO2Si2. The van der Waals surface area contributed by atoms with Crippen LogP contribution >= 0.6 is 0 Å². The minimum absolute atomic E-state index is 0. The standard InChI is InChI=1S/C15H33NO2Si2.2CH4/c1-6-8-9-10-12-16(15(17)7-2)13-11-14-19-18-20(3,4)5;;/h7H,2,6,8-14,19H2,1,3-5H3;2*1H4. The number of rotatable bonds is 12. The largest absolute Gasteiger partial charge is 0.461 e. The Morgan fingerprint density at radius 1 is 1.14 bits per heavy atom. The molecule has 0 heterocycles. The van der Waals surface area contributed by atoms with Crippen LogP contribution in [-0.2, 0) is 8.91 Å². The van der Waals surface area contributed by atoms with E-state index in [0.29, 0.717) is 0 Å². The fourth-order valence-electron chi connectivity index (χ4n) is 1.97. The molecule has 0 aliphatic carbocycles. The zero-order valence-corrected chi connectivity index (χ0v) is 16.3. The third kappa shape index (κ3) is 16.0. The fourth-order valence-corrected chi connectivity index (χ4v) is 5.43. The van der Waals surface area contributed by atoms with Crippen LogP contribution in [0.5, 0.6) is 0 Å². The van der Waals surface area contributed by atoms with Crippen molar-refractivity contribution >= 4 is 24.0 Å². The van der Waals surface area contributed by atoms with Crippen LogP contribution in [0.25, 0.3) is 0 Å². The second-order valence-electron chi connectivity index (χ2n) is 6.26. The van der Waals surface area contributed by atoms with Crippen molar-refractivity contribution in [2.75, 3.05) is 13.1 Å². The lowest BCUT2D eigenvalue weighted by atomic mass is 10.2. The van der Waals surface area contributed by atoms with Crippen LogP contribution in [0.4, 0.5) is 0 Å². The van der Waals surface area contributed by atoms with Crippen molar-refractivity contribution < 1.29 is 8.91 Å². The van der Waals surface area contributed by atoms with Crippen LogP contribution in [0.1, 0.15) is 53.9 Å². The predicted octanol–water partition coefficient (Wildman–Crippen LogP) is 4.60. The third-order valence-corrected chi connectivity index (χ3v) is 8.19. The van der Waals surface area contributed by atoms with Gasteiger partial charge < -0.3 is 9.02 Å². The lowest BCUT2D eigenvalue weighted by Crippen LogP contribution is -2.32. The Kier molecular flexibility index (Phi) is 18.7. The van der Waals surface area contributed by atoms with Gasteiger partial charge in [0.1, 0.15) is 9.76 Å². The van der Waals surface area contributed by atoms with E-state index in [1.807, 2.05) is 4.90 Å². The molecule has 0 aromatic carbocycles. The molecule has 0 rings (SSSR count). The molecule has 0 aliphatic rings. The first kappa shape index (κ1) is 26.5. The maximum atomic E-state index is 11.8. The van der Waals surface area contributed by atoms with E-state index in [4.69, 9.17) is 4.12 Å². The first-order valence-electron chi connectivity index (χ1n) is 7.96. The Morgan fingerprint density at radius 3 is 2.23 bits per heavy atom. The number of carbonyl (C=O) groups excluding carboxylic acids is 1. The molecule has 0 fully saturated rings. The number of nitrogens with zero attached hydrogens (tertiary/aromatic N) is 1. The van der Waals surface area contributed by atoms with Crippen LogP contribution in [0.15, 0.2) is 12.7 Å². The minimum atomic E-state index is -1.33. The second kappa shape index (κ2) is 15.5. The molecule has 0 atom stereocenters. The summed E-state index contributed by atoms with van der Waals surface area (Å²) in [6, 6.07) is 1.17. The third-order valence-electron chi connectivity index (χ3n) is 3.13. The Bertz CT molecular complexity index is 278. The summed E-state index contributed by atoms with van der Waals surface area (Å²) in [4.78, 5) is 13.7. The Balaban J connectivity index is -0.00000180. The predicted molar refractivity (Wildman–Crippen MR) is 107 cm³/mol. The summed E-state index contributed by atoms with van der Waals surface area (Å²) < 4.78 is 5.97. The van der Waals surface area contributed by atoms with E-state index < -0.39 is 18.1 Å². The quantitative estimate of drug-likeness (QED) is 0.293. The van der Waals surface area contributed by atoms with E-state index >= 15 is 0 Å². The van der Waals surface area contributed by atoms with Gasteiger partial charge in [-0.25, -0.2) is 0 Å². The minimum Gasteiger partial charge on any atom is -0.461 e. The maximum absolute atomic E-state index is 11.8. The highest BCUT2D eigenvalue weighted by molar-refractivity contribution is 6.73. The molecular weight excluding hydrogens is 306 g/mol. The molecule has 0 N–H and O–H groups in total. The monoisotopic (exact) mass is 347 g/mol. The Labute approximate surface area is 143 Å². The SMILES string of the molecule is C.C.C=CC(=O)N(CCCCCC)CCC[SiH2]O[Si](C)(C)C. The molecule has 0 radical (unpaired) electrons. The molecule has 134 valence electrons. The van der Waals surface area contributed by atoms with Crippen molar-refractivity contribution in [1.29, 1.82) is 0 Å². The van der Waals surface area contributed by atoms with Crippen molar-refractivity contribution in [3.05, 3.63) is 12.7 Å². The molecule has 0 aromatic heterocycles. The van der Waals surface area contributed by atoms with Gasteiger partial charge in [0.05, 0.1) is 0 Å². The number of hydrogen-bond donors (Lipinski definition) is 0. The van der Waals surface area contributed by atoms with Crippen LogP contribution in [-0.4, -0.2) is 42.0 Å². The Hall–Kier alpha value is -0.396. The molecule has 0 bridgehead atoms. The molecule has 0 unspecified atom stereocenters. The van der Waals surface area contributed by atoms with Crippen molar-refractivity contribution in [3.8, 4) is 0 Å². The second-order valence-corrected chi connectivity index (χ2v) is 12.8. The molecule has 0 saturated heterocycles. The highest BCUT2D eigenvalue weighted by atomic mass is 28.4. The average molecular weight is 348 g/mol. The van der Waals surface area contributed by atoms with Gasteiger partial charge in [0.2, 0.25) is 5.91 Å². The van der Waals surface area contributed by atoms with Crippen LogP contribution in [0.3, 0.4) is 0 Å². The van der Waals surface area contributed by atoms with Crippen LogP contribution < -0.4 is 0 Å². The summed E-state index contributed by atoms with van der Waals surface area (Å²) in [5.74, 6) is 0.0780. The van der Waals surface area contributed by atoms with Gasteiger partial charge in [-0.1, -0.05) is 47.6 Å². The topological polar surface area (TPSA) is 29.5 Å². The number of carbonyl (C=O) groups is 1. The number of unbranched alkanes of at least 4 members (excludes halogenated alkanes) is 3. The highest BCUT2D eigenvalue weighted by Crippen LogP contribution is 2.06. The van der Waals surface area contributed by atoms with Gasteiger partial charge in [-0.15, -0.1) is 0 Å². The van der Waals surface area contributed by atoms with E-state index in [9.17, 15) is 4.79 Å². The average Bonchev–Trinajstić information content (AvgIpc) is 2.38. The summed E-state index contributed by atoms with van der Waals surface area (Å²) in [5, 5.41) is 0. The van der Waals surface area contributed by atoms with Crippen molar-refractivity contribution in [3.63, 3.8) is 0 Å². The van der Waals surface area contributed by atoms with Gasteiger partial charge in [-0.2, -0.15) is 0 Å². The lowest BCUT2D eigenvalue weighted by molar-refractivity contribution is -0.126. The van der Waals surface area contributed by atoms with E-state index in [1.54, 1.807) is 0 Å². The summed E-state index contributed by atoms with van der Waals surface area (Å²) in [5.41, 5.74) is 0. The normalized spacial score (nSPS) is 10.9. The summed E-state index contributed by atoms with van der Waals surface area (Å²) in [6.45, 7) is 14.3. The fraction of sp³-hybridized carbons (Fsp3) is 0.824. The lowest BCUT2D eigenvalue weighted by Gasteiger charge is -2.22. The van der Waals surface area contributed by atoms with Gasteiger partial charge in [-0.3, -0.25) is 4.79 Å². The molecule has 0 aromatic rings. The highest BCUT2D eigenvalue weighted by Gasteiger charge is 2.13. The molecule has 3 nitrogen and oxygen atoms in total. The van der Waals surface area contributed by atoms with E-state index in [1.165, 1.54) is 31.4 Å². The van der Waals surface area contributed by atoms with Gasteiger partial charge in [0, 0.05) is 13.1 Å². The van der Waals surface area contributed by atoms with Crippen LogP contribution in [0, 0.1) is 0 Å². The van der Waals surface area contributed by atoms with Gasteiger partial charge in [0.25, 0.3) is 0 Å². The van der Waals surface area contributed by atoms with Gasteiger partial charge in [-0.05, 0) is 44.6 Å². The van der Waals surface area contributed by atoms with Crippen molar-refractivity contribution in [2.24, 2.45) is 0 Å². The zero-order chi connectivity index (χ0) is 15.4. The molecule has 5 heteroatoms. The molecule has 1 amide bonds. The van der Waals surface area contributed by atoms with Crippen molar-refractivity contribution in [1.82, 2.24) is 4.90 Å². The van der Waals surface area contributed by atoms with Gasteiger partial charge >= 0.3 is 0 Å². The molecule has 22 heavy (non-hydrogen) atoms. The Morgan fingerprint density at radius 2 is 1.73 bits per heavy atom. The molecule has 0 spiro atoms. The van der Waals surface area contributed by atoms with Crippen molar-refractivity contribution in [2.45, 2.75) is 79.6 Å². The number of amides is 1. The van der Waals surface area contributed by atoms with Crippen LogP contribution in [0.2, 0.25) is 25.7 Å². The van der Waals surface area contributed by atoms with E-state index in [0.717, 1.165) is 25.9 Å². The molecule has 0 aliphatic heterocycles. The first-order valence-corrected chi connectivity index (χ1v) is 12.9.